The highest BCUT2D eigenvalue weighted by Gasteiger charge is 2.71. The summed E-state index contributed by atoms with van der Waals surface area (Å²) in [4.78, 5) is 13.2. The largest absolute Gasteiger partial charge is 0.408 e. The number of aldehydes is 1. The molecule has 4 rings (SSSR count). The molecule has 3 saturated heterocycles. The molecule has 0 aromatic heterocycles. The van der Waals surface area contributed by atoms with Gasteiger partial charge in [-0.3, -0.25) is 4.79 Å². The molecule has 0 aliphatic carbocycles. The van der Waals surface area contributed by atoms with Gasteiger partial charge in [0.1, 0.15) is 18.3 Å². The summed E-state index contributed by atoms with van der Waals surface area (Å²) in [6.45, 7) is 22.4. The summed E-state index contributed by atoms with van der Waals surface area (Å²) in [5.74, 6) is -2.88. The maximum absolute atomic E-state index is 13.2. The third kappa shape index (κ3) is 6.66. The molecule has 0 spiro atoms. The van der Waals surface area contributed by atoms with Crippen LogP contribution in [0.2, 0.25) is 18.1 Å². The van der Waals surface area contributed by atoms with E-state index in [0.717, 1.165) is 11.8 Å². The van der Waals surface area contributed by atoms with Crippen LogP contribution in [0.5, 0.6) is 0 Å². The quantitative estimate of drug-likeness (QED) is 0.262. The van der Waals surface area contributed by atoms with E-state index in [1.807, 2.05) is 58.0 Å². The second kappa shape index (κ2) is 11.1. The first-order chi connectivity index (χ1) is 18.8. The number of hydrogen-bond donors (Lipinski definition) is 0. The average molecular weight is 595 g/mol. The number of rotatable bonds is 10. The average Bonchev–Trinajstić information content (AvgIpc) is 3.51. The van der Waals surface area contributed by atoms with Crippen molar-refractivity contribution in [1.29, 1.82) is 0 Å². The van der Waals surface area contributed by atoms with E-state index in [1.54, 1.807) is 13.8 Å². The Kier molecular flexibility index (Phi) is 8.81. The van der Waals surface area contributed by atoms with Gasteiger partial charge in [-0.2, -0.15) is 0 Å². The Morgan fingerprint density at radius 3 is 2.00 bits per heavy atom. The van der Waals surface area contributed by atoms with E-state index in [1.165, 1.54) is 0 Å². The van der Waals surface area contributed by atoms with Gasteiger partial charge in [0.05, 0.1) is 26.4 Å². The fourth-order valence-electron chi connectivity index (χ4n) is 5.49. The van der Waals surface area contributed by atoms with Crippen molar-refractivity contribution < 1.29 is 42.4 Å². The standard InChI is InChI=1S/C31H50O9Si/c1-26(2,3)41(10,11)38-24(23-18-34-27(4,5)37-23)25(33-17-22-15-13-12-14-16-22)31(21-36-29(8,9)40-31)30(19-32)20-35-28(6,7)39-30/h12-16,19,23-25H,17-18,20-21H2,1-11H3/t23-,24-,25+,30+,31+/m0/s1. The Labute approximate surface area is 246 Å². The van der Waals surface area contributed by atoms with Crippen LogP contribution in [0.25, 0.3) is 0 Å². The first-order valence-corrected chi connectivity index (χ1v) is 17.5. The van der Waals surface area contributed by atoms with Crippen molar-refractivity contribution in [2.24, 2.45) is 0 Å². The van der Waals surface area contributed by atoms with E-state index in [9.17, 15) is 4.79 Å². The lowest BCUT2D eigenvalue weighted by atomic mass is 9.77. The third-order valence-electron chi connectivity index (χ3n) is 8.69. The van der Waals surface area contributed by atoms with Gasteiger partial charge in [-0.05, 0) is 65.2 Å². The smallest absolute Gasteiger partial charge is 0.192 e. The fourth-order valence-corrected chi connectivity index (χ4v) is 6.80. The van der Waals surface area contributed by atoms with Crippen molar-refractivity contribution in [3.8, 4) is 0 Å². The molecule has 0 N–H and O–H groups in total. The van der Waals surface area contributed by atoms with E-state index in [4.69, 9.17) is 37.6 Å². The minimum atomic E-state index is -2.45. The summed E-state index contributed by atoms with van der Waals surface area (Å²) in [6, 6.07) is 9.88. The van der Waals surface area contributed by atoms with Gasteiger partial charge in [-0.25, -0.2) is 0 Å². The Balaban J connectivity index is 1.89. The summed E-state index contributed by atoms with van der Waals surface area (Å²) < 4.78 is 52.1. The van der Waals surface area contributed by atoms with Crippen molar-refractivity contribution in [2.75, 3.05) is 19.8 Å². The lowest BCUT2D eigenvalue weighted by Crippen LogP contribution is -2.71. The van der Waals surface area contributed by atoms with Crippen molar-refractivity contribution in [1.82, 2.24) is 0 Å². The van der Waals surface area contributed by atoms with E-state index < -0.39 is 55.2 Å². The van der Waals surface area contributed by atoms with Gasteiger partial charge in [-0.15, -0.1) is 0 Å². The molecule has 0 amide bonds. The number of ether oxygens (including phenoxy) is 7. The molecule has 0 bridgehead atoms. The first kappa shape index (κ1) is 32.7. The Morgan fingerprint density at radius 2 is 1.54 bits per heavy atom. The third-order valence-corrected chi connectivity index (χ3v) is 13.2. The van der Waals surface area contributed by atoms with Crippen molar-refractivity contribution in [2.45, 2.75) is 134 Å². The van der Waals surface area contributed by atoms with Crippen LogP contribution in [-0.2, 0) is 49.0 Å². The SMILES string of the molecule is CC1(C)OC[C@@H]([C@H](O[Si](C)(C)C(C)(C)C)[C@@H](OCc2ccccc2)[C@@]2([C@@]3(C=O)COC(C)(C)O3)COC(C)(C)O2)O1. The molecule has 3 aliphatic heterocycles. The number of carbonyl (C=O) groups excluding carboxylic acids is 1. The van der Waals surface area contributed by atoms with Gasteiger partial charge in [0.2, 0.25) is 0 Å². The maximum Gasteiger partial charge on any atom is 0.192 e. The zero-order valence-corrected chi connectivity index (χ0v) is 27.7. The molecule has 3 aliphatic rings. The number of benzene rings is 1. The Hall–Kier alpha value is -1.21. The molecule has 5 atom stereocenters. The van der Waals surface area contributed by atoms with Crippen LogP contribution in [0.15, 0.2) is 30.3 Å². The maximum atomic E-state index is 13.2. The highest BCUT2D eigenvalue weighted by atomic mass is 28.4. The van der Waals surface area contributed by atoms with Crippen molar-refractivity contribution in [3.63, 3.8) is 0 Å². The van der Waals surface area contributed by atoms with Crippen molar-refractivity contribution >= 4 is 14.6 Å². The van der Waals surface area contributed by atoms with Gasteiger partial charge in [-0.1, -0.05) is 51.1 Å². The zero-order valence-electron chi connectivity index (χ0n) is 26.7. The second-order valence-corrected chi connectivity index (χ2v) is 19.2. The molecule has 9 nitrogen and oxygen atoms in total. The van der Waals surface area contributed by atoms with Crippen LogP contribution in [0.1, 0.15) is 67.9 Å². The summed E-state index contributed by atoms with van der Waals surface area (Å²) in [6.07, 6.45) is -1.29. The summed E-state index contributed by atoms with van der Waals surface area (Å²) in [5, 5.41) is -0.124. The van der Waals surface area contributed by atoms with E-state index in [2.05, 4.69) is 33.9 Å². The van der Waals surface area contributed by atoms with E-state index in [-0.39, 0.29) is 31.5 Å². The lowest BCUT2D eigenvalue weighted by molar-refractivity contribution is -0.279. The van der Waals surface area contributed by atoms with Crippen LogP contribution in [0.3, 0.4) is 0 Å². The van der Waals surface area contributed by atoms with Crippen LogP contribution < -0.4 is 0 Å². The molecule has 0 saturated carbocycles. The second-order valence-electron chi connectivity index (χ2n) is 14.4. The molecule has 232 valence electrons. The molecule has 0 unspecified atom stereocenters. The van der Waals surface area contributed by atoms with Gasteiger partial charge < -0.3 is 37.6 Å². The highest BCUT2D eigenvalue weighted by Crippen LogP contribution is 2.51. The normalized spacial score (nSPS) is 32.6. The highest BCUT2D eigenvalue weighted by molar-refractivity contribution is 6.74. The van der Waals surface area contributed by atoms with Gasteiger partial charge >= 0.3 is 0 Å². The molecule has 3 heterocycles. The van der Waals surface area contributed by atoms with Gasteiger partial charge in [0.15, 0.2) is 43.2 Å². The molecular weight excluding hydrogens is 544 g/mol. The van der Waals surface area contributed by atoms with Crippen LogP contribution >= 0.6 is 0 Å². The van der Waals surface area contributed by atoms with Crippen LogP contribution in [0, 0.1) is 0 Å². The summed E-state index contributed by atoms with van der Waals surface area (Å²) in [5.41, 5.74) is -2.02. The Morgan fingerprint density at radius 1 is 0.927 bits per heavy atom. The van der Waals surface area contributed by atoms with Crippen molar-refractivity contribution in [3.05, 3.63) is 35.9 Å². The fraction of sp³-hybridized carbons (Fsp3) is 0.774. The molecule has 3 fully saturated rings. The molecule has 41 heavy (non-hydrogen) atoms. The number of carbonyl (C=O) groups is 1. The molecule has 10 heteroatoms. The van der Waals surface area contributed by atoms with E-state index in [0.29, 0.717) is 0 Å². The first-order valence-electron chi connectivity index (χ1n) is 14.6. The lowest BCUT2D eigenvalue weighted by Gasteiger charge is -2.50. The Bertz CT molecular complexity index is 1070. The molecule has 0 radical (unpaired) electrons. The summed E-state index contributed by atoms with van der Waals surface area (Å²) in [7, 11) is -2.45. The number of hydrogen-bond acceptors (Lipinski definition) is 9. The van der Waals surface area contributed by atoms with Gasteiger partial charge in [0, 0.05) is 0 Å². The minimum absolute atomic E-state index is 0.0198. The van der Waals surface area contributed by atoms with Gasteiger partial charge in [0.25, 0.3) is 0 Å². The minimum Gasteiger partial charge on any atom is -0.408 e. The van der Waals surface area contributed by atoms with Crippen LogP contribution in [-0.4, -0.2) is 81.3 Å². The molecule has 1 aromatic rings. The van der Waals surface area contributed by atoms with Crippen LogP contribution in [0.4, 0.5) is 0 Å². The topological polar surface area (TPSA) is 90.9 Å². The molecular formula is C31H50O9Si. The summed E-state index contributed by atoms with van der Waals surface area (Å²) >= 11 is 0. The zero-order chi connectivity index (χ0) is 30.5. The van der Waals surface area contributed by atoms with E-state index >= 15 is 0 Å². The molecule has 1 aromatic carbocycles. The predicted octanol–water partition coefficient (Wildman–Crippen LogP) is 5.36. The monoisotopic (exact) mass is 594 g/mol. The predicted molar refractivity (Wildman–Crippen MR) is 156 cm³/mol.